The van der Waals surface area contributed by atoms with Gasteiger partial charge >= 0.3 is 5.97 Å². The van der Waals surface area contributed by atoms with E-state index < -0.39 is 17.6 Å². The Hall–Kier alpha value is -1.43. The molecular formula is C11H8BrFO4. The summed E-state index contributed by atoms with van der Waals surface area (Å²) in [6, 6.07) is 2.01. The fourth-order valence-electron chi connectivity index (χ4n) is 1.32. The molecule has 0 aromatic heterocycles. The molecule has 0 spiro atoms. The third kappa shape index (κ3) is 2.63. The van der Waals surface area contributed by atoms with Gasteiger partial charge in [0.05, 0.1) is 16.1 Å². The largest absolute Gasteiger partial charge is 0.488 e. The van der Waals surface area contributed by atoms with Crippen molar-refractivity contribution in [3.63, 3.8) is 0 Å². The Kier molecular flexibility index (Phi) is 3.15. The molecule has 1 N–H and O–H groups in total. The van der Waals surface area contributed by atoms with Gasteiger partial charge in [0, 0.05) is 0 Å². The van der Waals surface area contributed by atoms with E-state index in [0.29, 0.717) is 0 Å². The number of carbonyl (C=O) groups excluding carboxylic acids is 1. The van der Waals surface area contributed by atoms with Gasteiger partial charge in [-0.15, -0.1) is 0 Å². The number of rotatable bonds is 4. The Bertz CT molecular complexity index is 496. The van der Waals surface area contributed by atoms with E-state index in [-0.39, 0.29) is 21.9 Å². The number of Topliss-reactive ketones (excluding diaryl/α,β-unsaturated/α-hetero) is 1. The molecule has 17 heavy (non-hydrogen) atoms. The molecule has 0 unspecified atom stereocenters. The van der Waals surface area contributed by atoms with Gasteiger partial charge < -0.3 is 9.84 Å². The van der Waals surface area contributed by atoms with Crippen LogP contribution in [0.4, 0.5) is 4.39 Å². The molecule has 1 aliphatic carbocycles. The second-order valence-corrected chi connectivity index (χ2v) is 4.57. The highest BCUT2D eigenvalue weighted by molar-refractivity contribution is 9.10. The van der Waals surface area contributed by atoms with Gasteiger partial charge in [-0.3, -0.25) is 4.79 Å². The number of carboxylic acid groups (broad SMARTS) is 1. The summed E-state index contributed by atoms with van der Waals surface area (Å²) in [7, 11) is 0. The van der Waals surface area contributed by atoms with E-state index >= 15 is 0 Å². The van der Waals surface area contributed by atoms with E-state index in [9.17, 15) is 14.0 Å². The lowest BCUT2D eigenvalue weighted by atomic mass is 10.1. The van der Waals surface area contributed by atoms with E-state index in [0.717, 1.165) is 25.0 Å². The quantitative estimate of drug-likeness (QED) is 0.685. The number of carbonyl (C=O) groups is 2. The van der Waals surface area contributed by atoms with Crippen LogP contribution < -0.4 is 4.74 Å². The maximum atomic E-state index is 13.2. The smallest absolute Gasteiger partial charge is 0.377 e. The lowest BCUT2D eigenvalue weighted by Gasteiger charge is -2.11. The summed E-state index contributed by atoms with van der Waals surface area (Å²) in [5.74, 6) is -3.41. The second-order valence-electron chi connectivity index (χ2n) is 3.72. The lowest BCUT2D eigenvalue weighted by Crippen LogP contribution is -2.15. The average Bonchev–Trinajstić information content (AvgIpc) is 3.04. The topological polar surface area (TPSA) is 63.6 Å². The van der Waals surface area contributed by atoms with E-state index in [4.69, 9.17) is 9.84 Å². The van der Waals surface area contributed by atoms with Crippen LogP contribution in [0.5, 0.6) is 5.75 Å². The third-order valence-electron chi connectivity index (χ3n) is 2.26. The van der Waals surface area contributed by atoms with Crippen LogP contribution in [0.15, 0.2) is 16.6 Å². The van der Waals surface area contributed by atoms with Gasteiger partial charge in [-0.25, -0.2) is 9.18 Å². The molecular weight excluding hydrogens is 295 g/mol. The van der Waals surface area contributed by atoms with Crippen LogP contribution in [0.1, 0.15) is 23.2 Å². The molecule has 0 atom stereocenters. The second kappa shape index (κ2) is 4.44. The van der Waals surface area contributed by atoms with E-state index in [1.165, 1.54) is 0 Å². The zero-order valence-corrected chi connectivity index (χ0v) is 10.2. The Morgan fingerprint density at radius 3 is 2.59 bits per heavy atom. The number of ether oxygens (including phenoxy) is 1. The molecule has 1 saturated carbocycles. The van der Waals surface area contributed by atoms with Crippen LogP contribution in [-0.4, -0.2) is 23.0 Å². The van der Waals surface area contributed by atoms with Gasteiger partial charge in [-0.05, 0) is 40.9 Å². The van der Waals surface area contributed by atoms with Crippen LogP contribution in [0, 0.1) is 5.82 Å². The first-order chi connectivity index (χ1) is 7.99. The minimum atomic E-state index is -1.64. The van der Waals surface area contributed by atoms with E-state index in [1.807, 2.05) is 0 Å². The summed E-state index contributed by atoms with van der Waals surface area (Å²) >= 11 is 3.06. The highest BCUT2D eigenvalue weighted by atomic mass is 79.9. The van der Waals surface area contributed by atoms with Gasteiger partial charge in [0.15, 0.2) is 0 Å². The number of hydrogen-bond donors (Lipinski definition) is 1. The molecule has 1 aromatic carbocycles. The number of aliphatic carboxylic acids is 1. The van der Waals surface area contributed by atoms with Gasteiger partial charge in [-0.1, -0.05) is 0 Å². The van der Waals surface area contributed by atoms with Crippen LogP contribution >= 0.6 is 15.9 Å². The molecule has 2 rings (SSSR count). The van der Waals surface area contributed by atoms with Crippen molar-refractivity contribution in [1.29, 1.82) is 0 Å². The van der Waals surface area contributed by atoms with Crippen molar-refractivity contribution in [3.8, 4) is 5.75 Å². The predicted octanol–water partition coefficient (Wildman–Crippen LogP) is 2.40. The Balaban J connectivity index is 2.45. The van der Waals surface area contributed by atoms with Crippen LogP contribution in [0.25, 0.3) is 0 Å². The van der Waals surface area contributed by atoms with Crippen molar-refractivity contribution in [2.45, 2.75) is 18.9 Å². The van der Waals surface area contributed by atoms with Gasteiger partial charge in [0.1, 0.15) is 11.6 Å². The first-order valence-electron chi connectivity index (χ1n) is 4.92. The Morgan fingerprint density at radius 2 is 2.06 bits per heavy atom. The highest BCUT2D eigenvalue weighted by Gasteiger charge is 2.29. The van der Waals surface area contributed by atoms with Gasteiger partial charge in [-0.2, -0.15) is 0 Å². The number of halogens is 2. The Labute approximate surface area is 105 Å². The summed E-state index contributed by atoms with van der Waals surface area (Å²) in [6.07, 6.45) is 1.69. The van der Waals surface area contributed by atoms with E-state index in [2.05, 4.69) is 15.9 Å². The van der Waals surface area contributed by atoms with Crippen LogP contribution in [0.3, 0.4) is 0 Å². The Morgan fingerprint density at radius 1 is 1.41 bits per heavy atom. The normalized spacial score (nSPS) is 14.5. The molecule has 0 amide bonds. The van der Waals surface area contributed by atoms with Crippen molar-refractivity contribution in [1.82, 2.24) is 0 Å². The number of benzene rings is 1. The zero-order valence-electron chi connectivity index (χ0n) is 8.57. The molecule has 0 aliphatic heterocycles. The zero-order chi connectivity index (χ0) is 12.6. The molecule has 4 nitrogen and oxygen atoms in total. The SMILES string of the molecule is O=C(O)C(=O)c1cc(F)cc(Br)c1OC1CC1. The molecule has 0 bridgehead atoms. The van der Waals surface area contributed by atoms with Gasteiger partial charge in [0.2, 0.25) is 0 Å². The van der Waals surface area contributed by atoms with Gasteiger partial charge in [0.25, 0.3) is 5.78 Å². The summed E-state index contributed by atoms with van der Waals surface area (Å²) in [4.78, 5) is 22.0. The lowest BCUT2D eigenvalue weighted by molar-refractivity contribution is -0.131. The first-order valence-corrected chi connectivity index (χ1v) is 5.71. The monoisotopic (exact) mass is 302 g/mol. The highest BCUT2D eigenvalue weighted by Crippen LogP contribution is 2.36. The standard InChI is InChI=1S/C11H8BrFO4/c12-8-4-5(13)3-7(9(14)11(15)16)10(8)17-6-1-2-6/h3-4,6H,1-2H2,(H,15,16). The van der Waals surface area contributed by atoms with Crippen molar-refractivity contribution >= 4 is 27.7 Å². The predicted molar refractivity (Wildman–Crippen MR) is 59.7 cm³/mol. The fourth-order valence-corrected chi connectivity index (χ4v) is 1.84. The van der Waals surface area contributed by atoms with Crippen molar-refractivity contribution in [2.75, 3.05) is 0 Å². The van der Waals surface area contributed by atoms with Crippen molar-refractivity contribution in [2.24, 2.45) is 0 Å². The third-order valence-corrected chi connectivity index (χ3v) is 2.85. The number of carboxylic acids is 1. The number of hydrogen-bond acceptors (Lipinski definition) is 3. The minimum absolute atomic E-state index is 0.0166. The van der Waals surface area contributed by atoms with E-state index in [1.54, 1.807) is 0 Å². The molecule has 6 heteroatoms. The minimum Gasteiger partial charge on any atom is -0.488 e. The maximum absolute atomic E-state index is 13.2. The average molecular weight is 303 g/mol. The molecule has 1 fully saturated rings. The summed E-state index contributed by atoms with van der Waals surface area (Å²) < 4.78 is 18.8. The maximum Gasteiger partial charge on any atom is 0.377 e. The molecule has 1 aromatic rings. The van der Waals surface area contributed by atoms with Crippen LogP contribution in [-0.2, 0) is 4.79 Å². The van der Waals surface area contributed by atoms with Crippen molar-refractivity contribution < 1.29 is 23.8 Å². The molecule has 1 aliphatic rings. The first kappa shape index (κ1) is 12.0. The molecule has 0 radical (unpaired) electrons. The summed E-state index contributed by atoms with van der Waals surface area (Å²) in [5, 5.41) is 8.65. The summed E-state index contributed by atoms with van der Waals surface area (Å²) in [6.45, 7) is 0. The number of ketones is 1. The van der Waals surface area contributed by atoms with Crippen LogP contribution in [0.2, 0.25) is 0 Å². The fraction of sp³-hybridized carbons (Fsp3) is 0.273. The molecule has 90 valence electrons. The van der Waals surface area contributed by atoms with Crippen molar-refractivity contribution in [3.05, 3.63) is 28.0 Å². The molecule has 0 heterocycles. The summed E-state index contributed by atoms with van der Waals surface area (Å²) in [5.41, 5.74) is -0.267. The molecule has 0 saturated heterocycles.